The van der Waals surface area contributed by atoms with Crippen LogP contribution < -0.4 is 22.1 Å². The second-order valence-electron chi connectivity index (χ2n) is 7.32. The molecule has 0 aliphatic heterocycles. The minimum absolute atomic E-state index is 0.0361. The monoisotopic (exact) mass is 410 g/mol. The molecular weight excluding hydrogens is 387 g/mol. The van der Waals surface area contributed by atoms with Crippen molar-refractivity contribution in [2.45, 2.75) is 37.8 Å². The highest BCUT2D eigenvalue weighted by Gasteiger charge is 2.24. The van der Waals surface area contributed by atoms with Gasteiger partial charge in [-0.3, -0.25) is 14.9 Å². The van der Waals surface area contributed by atoms with Crippen LogP contribution in [0.2, 0.25) is 0 Å². The number of rotatable bonds is 6. The lowest BCUT2D eigenvalue weighted by Gasteiger charge is -2.30. The number of hydrogen-bond donors (Lipinski definition) is 5. The van der Waals surface area contributed by atoms with Gasteiger partial charge in [0.25, 0.3) is 5.91 Å². The van der Waals surface area contributed by atoms with Crippen LogP contribution in [0.25, 0.3) is 11.3 Å². The maximum atomic E-state index is 14.6. The molecule has 10 heteroatoms. The number of nitrogens with two attached hydrogens (primary N) is 2. The SMILES string of the molecule is NC(=O)c1cc(F)c(NC2CCCC[C@@H]2N)nc1Nc1ccnc(-c2cn[nH]c2)c1. The zero-order valence-electron chi connectivity index (χ0n) is 16.2. The van der Waals surface area contributed by atoms with E-state index in [1.54, 1.807) is 30.7 Å². The molecule has 1 aliphatic carbocycles. The molecule has 4 rings (SSSR count). The highest BCUT2D eigenvalue weighted by molar-refractivity contribution is 5.98. The van der Waals surface area contributed by atoms with E-state index in [2.05, 4.69) is 30.8 Å². The first-order valence-corrected chi connectivity index (χ1v) is 9.76. The van der Waals surface area contributed by atoms with Crippen molar-refractivity contribution >= 4 is 23.2 Å². The third-order valence-electron chi connectivity index (χ3n) is 5.20. The molecule has 3 aromatic heterocycles. The molecule has 156 valence electrons. The fourth-order valence-electron chi connectivity index (χ4n) is 3.58. The Balaban J connectivity index is 1.64. The number of halogens is 1. The number of amides is 1. The predicted molar refractivity (Wildman–Crippen MR) is 112 cm³/mol. The zero-order chi connectivity index (χ0) is 21.1. The lowest BCUT2D eigenvalue weighted by atomic mass is 9.91. The highest BCUT2D eigenvalue weighted by atomic mass is 19.1. The summed E-state index contributed by atoms with van der Waals surface area (Å²) < 4.78 is 14.6. The molecule has 1 amide bonds. The van der Waals surface area contributed by atoms with Gasteiger partial charge in [-0.1, -0.05) is 12.8 Å². The number of H-pyrrole nitrogens is 1. The Morgan fingerprint density at radius 2 is 2.07 bits per heavy atom. The second-order valence-corrected chi connectivity index (χ2v) is 7.32. The number of primary amides is 1. The van der Waals surface area contributed by atoms with E-state index in [4.69, 9.17) is 11.5 Å². The van der Waals surface area contributed by atoms with Crippen LogP contribution in [-0.4, -0.2) is 38.2 Å². The smallest absolute Gasteiger partial charge is 0.252 e. The lowest BCUT2D eigenvalue weighted by molar-refractivity contribution is 0.100. The standard InChI is InChI=1S/C20H23FN8O/c21-14-8-13(18(23)30)19(29-20(14)28-16-4-2-1-3-15(16)22)27-12-5-6-24-17(7-12)11-9-25-26-10-11/h5-10,15-16H,1-4,22H2,(H2,23,30)(H,25,26)(H2,24,27,28,29)/t15-,16?/m0/s1. The fourth-order valence-corrected chi connectivity index (χ4v) is 3.58. The summed E-state index contributed by atoms with van der Waals surface area (Å²) in [6.07, 6.45) is 8.75. The third kappa shape index (κ3) is 4.23. The van der Waals surface area contributed by atoms with Gasteiger partial charge in [-0.25, -0.2) is 9.37 Å². The largest absolute Gasteiger partial charge is 0.365 e. The summed E-state index contributed by atoms with van der Waals surface area (Å²) in [5.74, 6) is -1.25. The Morgan fingerprint density at radius 1 is 1.23 bits per heavy atom. The average Bonchev–Trinajstić information content (AvgIpc) is 3.27. The Bertz CT molecular complexity index is 1040. The van der Waals surface area contributed by atoms with E-state index in [9.17, 15) is 9.18 Å². The molecule has 9 nitrogen and oxygen atoms in total. The number of aromatic amines is 1. The van der Waals surface area contributed by atoms with Crippen molar-refractivity contribution in [3.63, 3.8) is 0 Å². The second kappa shape index (κ2) is 8.46. The molecule has 2 atom stereocenters. The molecule has 0 saturated heterocycles. The number of pyridine rings is 2. The van der Waals surface area contributed by atoms with Gasteiger partial charge >= 0.3 is 0 Å². The van der Waals surface area contributed by atoms with Crippen molar-refractivity contribution in [2.24, 2.45) is 11.5 Å². The molecule has 0 bridgehead atoms. The first-order valence-electron chi connectivity index (χ1n) is 9.76. The van der Waals surface area contributed by atoms with Crippen LogP contribution in [0.4, 0.5) is 21.7 Å². The van der Waals surface area contributed by atoms with Crippen molar-refractivity contribution < 1.29 is 9.18 Å². The van der Waals surface area contributed by atoms with Crippen molar-refractivity contribution in [1.82, 2.24) is 20.2 Å². The number of hydrogen-bond acceptors (Lipinski definition) is 7. The number of nitrogens with zero attached hydrogens (tertiary/aromatic N) is 3. The number of carbonyl (C=O) groups is 1. The summed E-state index contributed by atoms with van der Waals surface area (Å²) >= 11 is 0. The van der Waals surface area contributed by atoms with Gasteiger partial charge in [-0.2, -0.15) is 5.10 Å². The fraction of sp³-hybridized carbons (Fsp3) is 0.300. The van der Waals surface area contributed by atoms with Gasteiger partial charge in [0.1, 0.15) is 5.82 Å². The van der Waals surface area contributed by atoms with Crippen molar-refractivity contribution in [3.05, 3.63) is 48.2 Å². The van der Waals surface area contributed by atoms with E-state index in [-0.39, 0.29) is 29.3 Å². The molecule has 3 heterocycles. The zero-order valence-corrected chi connectivity index (χ0v) is 16.2. The summed E-state index contributed by atoms with van der Waals surface area (Å²) in [6.45, 7) is 0. The van der Waals surface area contributed by atoms with E-state index < -0.39 is 11.7 Å². The van der Waals surface area contributed by atoms with Crippen LogP contribution in [0.5, 0.6) is 0 Å². The normalized spacial score (nSPS) is 18.7. The van der Waals surface area contributed by atoms with Crippen LogP contribution in [0.15, 0.2) is 36.8 Å². The Morgan fingerprint density at radius 3 is 2.80 bits per heavy atom. The lowest BCUT2D eigenvalue weighted by Crippen LogP contribution is -2.43. The predicted octanol–water partition coefficient (Wildman–Crippen LogP) is 2.53. The molecule has 3 aromatic rings. The topological polar surface area (TPSA) is 148 Å². The van der Waals surface area contributed by atoms with E-state index in [0.29, 0.717) is 11.4 Å². The number of carbonyl (C=O) groups excluding carboxylic acids is 1. The van der Waals surface area contributed by atoms with Crippen LogP contribution in [0.3, 0.4) is 0 Å². The van der Waals surface area contributed by atoms with Crippen LogP contribution >= 0.6 is 0 Å². The van der Waals surface area contributed by atoms with Crippen molar-refractivity contribution in [1.29, 1.82) is 0 Å². The number of aromatic nitrogens is 4. The van der Waals surface area contributed by atoms with E-state index in [1.807, 2.05) is 0 Å². The van der Waals surface area contributed by atoms with E-state index in [0.717, 1.165) is 37.3 Å². The van der Waals surface area contributed by atoms with E-state index in [1.165, 1.54) is 0 Å². The number of anilines is 3. The van der Waals surface area contributed by atoms with Crippen molar-refractivity contribution in [3.8, 4) is 11.3 Å². The van der Waals surface area contributed by atoms with Gasteiger partial charge in [0.2, 0.25) is 0 Å². The quantitative estimate of drug-likeness (QED) is 0.419. The van der Waals surface area contributed by atoms with Crippen LogP contribution in [0, 0.1) is 5.82 Å². The third-order valence-corrected chi connectivity index (χ3v) is 5.20. The molecule has 7 N–H and O–H groups in total. The Hall–Kier alpha value is -3.53. The first kappa shape index (κ1) is 19.8. The molecule has 0 aromatic carbocycles. The van der Waals surface area contributed by atoms with Gasteiger partial charge in [0, 0.05) is 35.7 Å². The molecular formula is C20H23FN8O. The Labute approximate surface area is 172 Å². The van der Waals surface area contributed by atoms with Crippen molar-refractivity contribution in [2.75, 3.05) is 10.6 Å². The molecule has 30 heavy (non-hydrogen) atoms. The molecule has 1 unspecified atom stereocenters. The first-order chi connectivity index (χ1) is 14.5. The average molecular weight is 410 g/mol. The van der Waals surface area contributed by atoms with Gasteiger partial charge in [-0.05, 0) is 31.0 Å². The molecule has 0 radical (unpaired) electrons. The van der Waals surface area contributed by atoms with Gasteiger partial charge in [-0.15, -0.1) is 0 Å². The van der Waals surface area contributed by atoms with Gasteiger partial charge < -0.3 is 22.1 Å². The van der Waals surface area contributed by atoms with Gasteiger partial charge in [0.05, 0.1) is 17.5 Å². The van der Waals surface area contributed by atoms with Crippen LogP contribution in [-0.2, 0) is 0 Å². The maximum absolute atomic E-state index is 14.6. The summed E-state index contributed by atoms with van der Waals surface area (Å²) in [6, 6.07) is 4.41. The molecule has 1 saturated carbocycles. The molecule has 1 fully saturated rings. The summed E-state index contributed by atoms with van der Waals surface area (Å²) in [4.78, 5) is 20.5. The summed E-state index contributed by atoms with van der Waals surface area (Å²) in [5, 5.41) is 12.8. The molecule has 1 aliphatic rings. The Kier molecular flexibility index (Phi) is 5.57. The van der Waals surface area contributed by atoms with E-state index >= 15 is 0 Å². The van der Waals surface area contributed by atoms with Gasteiger partial charge in [0.15, 0.2) is 11.6 Å². The van der Waals surface area contributed by atoms with Crippen LogP contribution in [0.1, 0.15) is 36.0 Å². The summed E-state index contributed by atoms with van der Waals surface area (Å²) in [5.41, 5.74) is 13.6. The maximum Gasteiger partial charge on any atom is 0.252 e. The highest BCUT2D eigenvalue weighted by Crippen LogP contribution is 2.27. The minimum Gasteiger partial charge on any atom is -0.365 e. The summed E-state index contributed by atoms with van der Waals surface area (Å²) in [7, 11) is 0. The number of nitrogens with one attached hydrogen (secondary N) is 3. The molecule has 0 spiro atoms. The minimum atomic E-state index is -0.783.